The van der Waals surface area contributed by atoms with E-state index >= 15 is 0 Å². The Labute approximate surface area is 198 Å². The lowest BCUT2D eigenvalue weighted by Crippen LogP contribution is -2.34. The Bertz CT molecular complexity index is 1250. The molecule has 2 N–H and O–H groups in total. The number of benzene rings is 3. The molecule has 0 aliphatic carbocycles. The third-order valence-electron chi connectivity index (χ3n) is 5.41. The number of hydrogen-bond acceptors (Lipinski definition) is 5. The molecule has 0 saturated carbocycles. The molecule has 7 heteroatoms. The van der Waals surface area contributed by atoms with Gasteiger partial charge in [-0.3, -0.25) is 14.4 Å². The summed E-state index contributed by atoms with van der Waals surface area (Å²) in [5.74, 6) is -0.914. The number of rotatable bonds is 7. The first-order chi connectivity index (χ1) is 16.5. The number of carbonyl (C=O) groups excluding carboxylic acids is 3. The number of nitrogens with one attached hydrogen (secondary N) is 2. The van der Waals surface area contributed by atoms with E-state index < -0.39 is 5.97 Å². The van der Waals surface area contributed by atoms with Crippen molar-refractivity contribution >= 4 is 46.1 Å². The fraction of sp³-hybridized carbons (Fsp3) is 0.148. The number of carbonyl (C=O) groups is 3. The van der Waals surface area contributed by atoms with Gasteiger partial charge in [0.2, 0.25) is 5.91 Å². The Morgan fingerprint density at radius 1 is 0.941 bits per heavy atom. The summed E-state index contributed by atoms with van der Waals surface area (Å²) in [5, 5.41) is 6.31. The second-order valence-electron chi connectivity index (χ2n) is 7.70. The lowest BCUT2D eigenvalue weighted by atomic mass is 10.00. The lowest BCUT2D eigenvalue weighted by Gasteiger charge is -2.21. The maximum atomic E-state index is 12.9. The van der Waals surface area contributed by atoms with Crippen LogP contribution in [0, 0.1) is 0 Å². The van der Waals surface area contributed by atoms with Gasteiger partial charge in [0.15, 0.2) is 0 Å². The van der Waals surface area contributed by atoms with Crippen molar-refractivity contribution in [3.05, 3.63) is 90.0 Å². The molecule has 172 valence electrons. The summed E-state index contributed by atoms with van der Waals surface area (Å²) in [6.07, 6.45) is 0. The van der Waals surface area contributed by atoms with Crippen LogP contribution in [0.1, 0.15) is 25.0 Å². The third kappa shape index (κ3) is 4.83. The van der Waals surface area contributed by atoms with Crippen LogP contribution < -0.4 is 15.5 Å². The van der Waals surface area contributed by atoms with Crippen LogP contribution in [-0.2, 0) is 19.1 Å². The molecule has 0 fully saturated rings. The van der Waals surface area contributed by atoms with Crippen LogP contribution in [0.25, 0.3) is 11.3 Å². The van der Waals surface area contributed by atoms with Gasteiger partial charge in [-0.15, -0.1) is 0 Å². The van der Waals surface area contributed by atoms with Gasteiger partial charge in [-0.25, -0.2) is 0 Å². The summed E-state index contributed by atoms with van der Waals surface area (Å²) in [4.78, 5) is 38.3. The average Bonchev–Trinajstić information content (AvgIpc) is 3.17. The fourth-order valence-electron chi connectivity index (χ4n) is 3.84. The number of anilines is 3. The number of ether oxygens (including phenoxy) is 1. The molecule has 3 aromatic rings. The molecule has 0 atom stereocenters. The summed E-state index contributed by atoms with van der Waals surface area (Å²) in [7, 11) is 0. The molecule has 0 saturated heterocycles. The molecule has 0 unspecified atom stereocenters. The molecule has 1 aliphatic rings. The first kappa shape index (κ1) is 22.8. The van der Waals surface area contributed by atoms with Gasteiger partial charge < -0.3 is 20.3 Å². The molecule has 0 radical (unpaired) electrons. The van der Waals surface area contributed by atoms with Gasteiger partial charge >= 0.3 is 5.97 Å². The Morgan fingerprint density at radius 3 is 2.29 bits per heavy atom. The predicted molar refractivity (Wildman–Crippen MR) is 133 cm³/mol. The summed E-state index contributed by atoms with van der Waals surface area (Å²) in [6, 6.07) is 24.3. The first-order valence-electron chi connectivity index (χ1n) is 11.0. The van der Waals surface area contributed by atoms with Gasteiger partial charge in [0.1, 0.15) is 6.54 Å². The zero-order valence-electron chi connectivity index (χ0n) is 19.0. The van der Waals surface area contributed by atoms with Crippen molar-refractivity contribution in [1.82, 2.24) is 0 Å². The van der Waals surface area contributed by atoms with E-state index in [0.717, 1.165) is 22.5 Å². The minimum Gasteiger partial charge on any atom is -0.465 e. The number of hydrogen-bond donors (Lipinski definition) is 2. The second kappa shape index (κ2) is 10.0. The molecule has 34 heavy (non-hydrogen) atoms. The van der Waals surface area contributed by atoms with E-state index in [-0.39, 0.29) is 25.0 Å². The van der Waals surface area contributed by atoms with Gasteiger partial charge in [-0.1, -0.05) is 48.5 Å². The van der Waals surface area contributed by atoms with Gasteiger partial charge in [-0.05, 0) is 42.8 Å². The van der Waals surface area contributed by atoms with Crippen LogP contribution in [0.15, 0.2) is 78.9 Å². The SMILES string of the molecule is CCOC(=O)CN(C(C)=O)c1ccc(N/C(=C2\C(=O)Nc3ccccc32)c2ccccc2)cc1. The Hall–Kier alpha value is -4.39. The summed E-state index contributed by atoms with van der Waals surface area (Å²) >= 11 is 0. The highest BCUT2D eigenvalue weighted by atomic mass is 16.5. The first-order valence-corrected chi connectivity index (χ1v) is 11.0. The topological polar surface area (TPSA) is 87.7 Å². The van der Waals surface area contributed by atoms with Gasteiger partial charge in [0.05, 0.1) is 17.9 Å². The maximum Gasteiger partial charge on any atom is 0.326 e. The van der Waals surface area contributed by atoms with E-state index in [1.807, 2.05) is 54.6 Å². The Kier molecular flexibility index (Phi) is 6.73. The Balaban J connectivity index is 1.68. The van der Waals surface area contributed by atoms with E-state index in [2.05, 4.69) is 10.6 Å². The van der Waals surface area contributed by atoms with Crippen LogP contribution in [0.3, 0.4) is 0 Å². The molecular weight excluding hydrogens is 430 g/mol. The molecule has 0 spiro atoms. The van der Waals surface area contributed by atoms with Gasteiger partial charge in [-0.2, -0.15) is 0 Å². The van der Waals surface area contributed by atoms with Crippen molar-refractivity contribution in [3.63, 3.8) is 0 Å². The molecule has 1 aliphatic heterocycles. The Morgan fingerprint density at radius 2 is 1.62 bits per heavy atom. The van der Waals surface area contributed by atoms with Crippen LogP contribution in [0.4, 0.5) is 17.1 Å². The molecule has 1 heterocycles. The fourth-order valence-corrected chi connectivity index (χ4v) is 3.84. The number of fused-ring (bicyclic) bond motifs is 1. The van der Waals surface area contributed by atoms with E-state index in [0.29, 0.717) is 17.0 Å². The van der Waals surface area contributed by atoms with Crippen molar-refractivity contribution in [2.75, 3.05) is 28.7 Å². The predicted octanol–water partition coefficient (Wildman–Crippen LogP) is 4.54. The van der Waals surface area contributed by atoms with Crippen LogP contribution in [-0.4, -0.2) is 30.9 Å². The monoisotopic (exact) mass is 455 g/mol. The van der Waals surface area contributed by atoms with Crippen LogP contribution in [0.2, 0.25) is 0 Å². The summed E-state index contributed by atoms with van der Waals surface area (Å²) < 4.78 is 4.98. The van der Waals surface area contributed by atoms with Crippen LogP contribution in [0.5, 0.6) is 0 Å². The molecule has 7 nitrogen and oxygen atoms in total. The second-order valence-corrected chi connectivity index (χ2v) is 7.70. The number of amides is 2. The van der Waals surface area contributed by atoms with E-state index in [1.165, 1.54) is 11.8 Å². The number of para-hydroxylation sites is 1. The summed E-state index contributed by atoms with van der Waals surface area (Å²) in [6.45, 7) is 3.21. The van der Waals surface area contributed by atoms with E-state index in [1.54, 1.807) is 31.2 Å². The van der Waals surface area contributed by atoms with Gasteiger partial charge in [0.25, 0.3) is 5.91 Å². The van der Waals surface area contributed by atoms with Crippen molar-refractivity contribution in [1.29, 1.82) is 0 Å². The van der Waals surface area contributed by atoms with Gasteiger partial charge in [0, 0.05) is 29.5 Å². The molecular formula is C27H25N3O4. The van der Waals surface area contributed by atoms with Crippen molar-refractivity contribution in [3.8, 4) is 0 Å². The molecule has 3 aromatic carbocycles. The van der Waals surface area contributed by atoms with E-state index in [9.17, 15) is 14.4 Å². The summed E-state index contributed by atoms with van der Waals surface area (Å²) in [5.41, 5.74) is 4.98. The number of esters is 1. The molecule has 0 aromatic heterocycles. The normalized spacial score (nSPS) is 13.5. The van der Waals surface area contributed by atoms with Crippen molar-refractivity contribution in [2.45, 2.75) is 13.8 Å². The minimum atomic E-state index is -0.470. The molecule has 0 bridgehead atoms. The lowest BCUT2D eigenvalue weighted by molar-refractivity contribution is -0.142. The van der Waals surface area contributed by atoms with Crippen molar-refractivity contribution in [2.24, 2.45) is 0 Å². The zero-order chi connectivity index (χ0) is 24.1. The van der Waals surface area contributed by atoms with Crippen molar-refractivity contribution < 1.29 is 19.1 Å². The highest BCUT2D eigenvalue weighted by molar-refractivity contribution is 6.37. The highest BCUT2D eigenvalue weighted by Crippen LogP contribution is 2.37. The zero-order valence-corrected chi connectivity index (χ0v) is 19.0. The quantitative estimate of drug-likeness (QED) is 0.404. The highest BCUT2D eigenvalue weighted by Gasteiger charge is 2.28. The smallest absolute Gasteiger partial charge is 0.326 e. The minimum absolute atomic E-state index is 0.160. The average molecular weight is 456 g/mol. The molecule has 2 amide bonds. The third-order valence-corrected chi connectivity index (χ3v) is 5.41. The maximum absolute atomic E-state index is 12.9. The largest absolute Gasteiger partial charge is 0.465 e. The van der Waals surface area contributed by atoms with E-state index in [4.69, 9.17) is 4.74 Å². The standard InChI is InChI=1S/C27H25N3O4/c1-3-34-24(32)17-30(18(2)31)21-15-13-20(14-16-21)28-26(19-9-5-4-6-10-19)25-22-11-7-8-12-23(22)29-27(25)33/h4-16,28H,3,17H2,1-2H3,(H,29,33)/b26-25-. The number of nitrogens with zero attached hydrogens (tertiary/aromatic N) is 1. The van der Waals surface area contributed by atoms with Crippen LogP contribution >= 0.6 is 0 Å². The molecule has 4 rings (SSSR count).